The van der Waals surface area contributed by atoms with Crippen LogP contribution in [0.1, 0.15) is 5.01 Å². The SMILES string of the molecule is Cc1nc2ccc(S(=O)(=O)N(C)CC(=O)Nc3cccnc3)cc2s1. The summed E-state index contributed by atoms with van der Waals surface area (Å²) in [6.07, 6.45) is 3.08. The van der Waals surface area contributed by atoms with E-state index in [1.807, 2.05) is 6.92 Å². The average molecular weight is 376 g/mol. The van der Waals surface area contributed by atoms with E-state index < -0.39 is 15.9 Å². The summed E-state index contributed by atoms with van der Waals surface area (Å²) in [6, 6.07) is 8.13. The third-order valence-electron chi connectivity index (χ3n) is 3.49. The summed E-state index contributed by atoms with van der Waals surface area (Å²) < 4.78 is 27.2. The maximum absolute atomic E-state index is 12.7. The maximum Gasteiger partial charge on any atom is 0.243 e. The first kappa shape index (κ1) is 17.5. The highest BCUT2D eigenvalue weighted by atomic mass is 32.2. The number of anilines is 1. The molecule has 0 saturated heterocycles. The number of aryl methyl sites for hydroxylation is 1. The minimum Gasteiger partial charge on any atom is -0.324 e. The van der Waals surface area contributed by atoms with Crippen molar-refractivity contribution in [2.75, 3.05) is 18.9 Å². The van der Waals surface area contributed by atoms with Crippen LogP contribution in [0.25, 0.3) is 10.2 Å². The zero-order valence-electron chi connectivity index (χ0n) is 13.6. The van der Waals surface area contributed by atoms with Gasteiger partial charge in [-0.15, -0.1) is 11.3 Å². The van der Waals surface area contributed by atoms with Crippen molar-refractivity contribution >= 4 is 43.2 Å². The van der Waals surface area contributed by atoms with Crippen LogP contribution >= 0.6 is 11.3 Å². The Bertz CT molecular complexity index is 1020. The molecular weight excluding hydrogens is 360 g/mol. The summed E-state index contributed by atoms with van der Waals surface area (Å²) in [4.78, 5) is 20.4. The molecule has 1 amide bonds. The van der Waals surface area contributed by atoms with Gasteiger partial charge in [-0.2, -0.15) is 4.31 Å². The second-order valence-electron chi connectivity index (χ2n) is 5.41. The highest BCUT2D eigenvalue weighted by molar-refractivity contribution is 7.89. The summed E-state index contributed by atoms with van der Waals surface area (Å²) in [5.74, 6) is -0.436. The number of pyridine rings is 1. The van der Waals surface area contributed by atoms with Crippen LogP contribution in [0, 0.1) is 6.92 Å². The maximum atomic E-state index is 12.7. The molecule has 1 aromatic carbocycles. The van der Waals surface area contributed by atoms with E-state index in [1.165, 1.54) is 30.6 Å². The second kappa shape index (κ2) is 6.87. The quantitative estimate of drug-likeness (QED) is 0.737. The van der Waals surface area contributed by atoms with Crippen LogP contribution < -0.4 is 5.32 Å². The summed E-state index contributed by atoms with van der Waals surface area (Å²) in [5.41, 5.74) is 1.28. The predicted molar refractivity (Wildman–Crippen MR) is 97.0 cm³/mol. The number of hydrogen-bond acceptors (Lipinski definition) is 6. The van der Waals surface area contributed by atoms with Crippen LogP contribution in [0.4, 0.5) is 5.69 Å². The minimum atomic E-state index is -3.77. The number of likely N-dealkylation sites (N-methyl/N-ethyl adjacent to an activating group) is 1. The number of sulfonamides is 1. The van der Waals surface area contributed by atoms with Gasteiger partial charge < -0.3 is 5.32 Å². The molecule has 0 atom stereocenters. The molecule has 130 valence electrons. The molecule has 2 aromatic heterocycles. The third-order valence-corrected chi connectivity index (χ3v) is 6.22. The van der Waals surface area contributed by atoms with Crippen molar-refractivity contribution in [2.24, 2.45) is 0 Å². The fourth-order valence-corrected chi connectivity index (χ4v) is 4.38. The van der Waals surface area contributed by atoms with Crippen LogP contribution in [0.3, 0.4) is 0 Å². The van der Waals surface area contributed by atoms with Crippen molar-refractivity contribution in [2.45, 2.75) is 11.8 Å². The molecule has 9 heteroatoms. The Morgan fingerprint density at radius 3 is 2.84 bits per heavy atom. The molecule has 0 saturated carbocycles. The molecule has 0 bridgehead atoms. The molecule has 0 aliphatic heterocycles. The number of carbonyl (C=O) groups excluding carboxylic acids is 1. The van der Waals surface area contributed by atoms with Crippen LogP contribution in [0.15, 0.2) is 47.6 Å². The number of hydrogen-bond donors (Lipinski definition) is 1. The van der Waals surface area contributed by atoms with Gasteiger partial charge in [-0.3, -0.25) is 9.78 Å². The molecule has 0 aliphatic rings. The van der Waals surface area contributed by atoms with E-state index in [0.717, 1.165) is 19.5 Å². The molecule has 0 radical (unpaired) electrons. The number of carbonyl (C=O) groups is 1. The zero-order chi connectivity index (χ0) is 18.0. The lowest BCUT2D eigenvalue weighted by Crippen LogP contribution is -2.34. The monoisotopic (exact) mass is 376 g/mol. The Kier molecular flexibility index (Phi) is 4.80. The fourth-order valence-electron chi connectivity index (χ4n) is 2.28. The largest absolute Gasteiger partial charge is 0.324 e. The molecule has 2 heterocycles. The van der Waals surface area contributed by atoms with Crippen molar-refractivity contribution in [3.8, 4) is 0 Å². The van der Waals surface area contributed by atoms with Gasteiger partial charge in [0.25, 0.3) is 0 Å². The lowest BCUT2D eigenvalue weighted by molar-refractivity contribution is -0.116. The molecule has 3 rings (SSSR count). The molecule has 0 aliphatic carbocycles. The van der Waals surface area contributed by atoms with Crippen LogP contribution in [-0.4, -0.2) is 42.2 Å². The van der Waals surface area contributed by atoms with Gasteiger partial charge in [0.05, 0.1) is 38.5 Å². The van der Waals surface area contributed by atoms with E-state index in [2.05, 4.69) is 15.3 Å². The minimum absolute atomic E-state index is 0.139. The van der Waals surface area contributed by atoms with E-state index in [0.29, 0.717) is 5.69 Å². The van der Waals surface area contributed by atoms with Crippen molar-refractivity contribution in [1.29, 1.82) is 0 Å². The lowest BCUT2D eigenvalue weighted by atomic mass is 10.3. The number of thiazole rings is 1. The Morgan fingerprint density at radius 1 is 1.32 bits per heavy atom. The van der Waals surface area contributed by atoms with Gasteiger partial charge in [0.1, 0.15) is 0 Å². The molecule has 25 heavy (non-hydrogen) atoms. The molecule has 1 N–H and O–H groups in total. The van der Waals surface area contributed by atoms with E-state index >= 15 is 0 Å². The first-order valence-corrected chi connectivity index (χ1v) is 9.65. The van der Waals surface area contributed by atoms with E-state index in [-0.39, 0.29) is 11.4 Å². The number of nitrogens with zero attached hydrogens (tertiary/aromatic N) is 3. The normalized spacial score (nSPS) is 11.8. The first-order valence-electron chi connectivity index (χ1n) is 7.40. The first-order chi connectivity index (χ1) is 11.9. The summed E-state index contributed by atoms with van der Waals surface area (Å²) in [5, 5.41) is 3.48. The Labute approximate surface area is 149 Å². The van der Waals surface area contributed by atoms with Gasteiger partial charge in [-0.05, 0) is 37.3 Å². The van der Waals surface area contributed by atoms with Crippen molar-refractivity contribution < 1.29 is 13.2 Å². The van der Waals surface area contributed by atoms with E-state index in [1.54, 1.807) is 30.5 Å². The highest BCUT2D eigenvalue weighted by Crippen LogP contribution is 2.25. The summed E-state index contributed by atoms with van der Waals surface area (Å²) in [6.45, 7) is 1.57. The van der Waals surface area contributed by atoms with Gasteiger partial charge in [0.2, 0.25) is 15.9 Å². The Morgan fingerprint density at radius 2 is 2.12 bits per heavy atom. The van der Waals surface area contributed by atoms with Gasteiger partial charge in [0, 0.05) is 13.2 Å². The third kappa shape index (κ3) is 3.84. The lowest BCUT2D eigenvalue weighted by Gasteiger charge is -2.16. The standard InChI is InChI=1S/C16H16N4O3S2/c1-11-18-14-6-5-13(8-15(14)24-11)25(22,23)20(2)10-16(21)19-12-4-3-7-17-9-12/h3-9H,10H2,1-2H3,(H,19,21). The average Bonchev–Trinajstić information content (AvgIpc) is 2.94. The van der Waals surface area contributed by atoms with Crippen LogP contribution in [-0.2, 0) is 14.8 Å². The number of aromatic nitrogens is 2. The molecule has 0 spiro atoms. The Balaban J connectivity index is 1.76. The number of benzene rings is 1. The van der Waals surface area contributed by atoms with Gasteiger partial charge in [-0.25, -0.2) is 13.4 Å². The van der Waals surface area contributed by atoms with Crippen molar-refractivity contribution in [3.63, 3.8) is 0 Å². The van der Waals surface area contributed by atoms with Gasteiger partial charge >= 0.3 is 0 Å². The fraction of sp³-hybridized carbons (Fsp3) is 0.188. The summed E-state index contributed by atoms with van der Waals surface area (Å²) >= 11 is 1.43. The van der Waals surface area contributed by atoms with Gasteiger partial charge in [0.15, 0.2) is 0 Å². The van der Waals surface area contributed by atoms with E-state index in [9.17, 15) is 13.2 Å². The number of amides is 1. The number of rotatable bonds is 5. The second-order valence-corrected chi connectivity index (χ2v) is 8.69. The van der Waals surface area contributed by atoms with E-state index in [4.69, 9.17) is 0 Å². The zero-order valence-corrected chi connectivity index (χ0v) is 15.3. The molecular formula is C16H16N4O3S2. The van der Waals surface area contributed by atoms with Gasteiger partial charge in [-0.1, -0.05) is 0 Å². The number of fused-ring (bicyclic) bond motifs is 1. The van der Waals surface area contributed by atoms with Crippen molar-refractivity contribution in [1.82, 2.24) is 14.3 Å². The van der Waals surface area contributed by atoms with Crippen molar-refractivity contribution in [3.05, 3.63) is 47.7 Å². The Hall–Kier alpha value is -2.36. The topological polar surface area (TPSA) is 92.3 Å². The highest BCUT2D eigenvalue weighted by Gasteiger charge is 2.23. The molecule has 0 fully saturated rings. The molecule has 3 aromatic rings. The van der Waals surface area contributed by atoms with Crippen LogP contribution in [0.5, 0.6) is 0 Å². The smallest absolute Gasteiger partial charge is 0.243 e. The predicted octanol–water partition coefficient (Wildman–Crippen LogP) is 2.26. The molecule has 7 nitrogen and oxygen atoms in total. The summed E-state index contributed by atoms with van der Waals surface area (Å²) in [7, 11) is -2.40. The number of nitrogens with one attached hydrogen (secondary N) is 1. The molecule has 0 unspecified atom stereocenters. The van der Waals surface area contributed by atoms with Crippen LogP contribution in [0.2, 0.25) is 0 Å².